The Labute approximate surface area is 147 Å². The van der Waals surface area contributed by atoms with Gasteiger partial charge in [0.1, 0.15) is 5.69 Å². The highest BCUT2D eigenvalue weighted by Crippen LogP contribution is 2.22. The summed E-state index contributed by atoms with van der Waals surface area (Å²) < 4.78 is 12.7. The second-order valence-electron chi connectivity index (χ2n) is 5.88. The molecule has 0 aliphatic heterocycles. The summed E-state index contributed by atoms with van der Waals surface area (Å²) in [5, 5.41) is 2.97. The van der Waals surface area contributed by atoms with Gasteiger partial charge in [0.15, 0.2) is 11.4 Å². The molecule has 0 aromatic carbocycles. The van der Waals surface area contributed by atoms with Gasteiger partial charge in [0.05, 0.1) is 18.4 Å². The lowest BCUT2D eigenvalue weighted by Crippen LogP contribution is -2.28. The van der Waals surface area contributed by atoms with Crippen LogP contribution in [-0.4, -0.2) is 41.7 Å². The summed E-state index contributed by atoms with van der Waals surface area (Å²) in [6, 6.07) is 3.71. The van der Waals surface area contributed by atoms with Crippen molar-refractivity contribution in [3.63, 3.8) is 0 Å². The first kappa shape index (κ1) is 17.2. The number of hydrogen-bond donors (Lipinski definition) is 1. The number of ether oxygens (including phenoxy) is 2. The number of methoxy groups -OCH3 is 1. The largest absolute Gasteiger partial charge is 0.490 e. The molecule has 1 aliphatic rings. The SMILES string of the molecule is CCOc1cccn2c(C(=O)NCC3=CC(OC)CC=C3)c(C)nc12. The van der Waals surface area contributed by atoms with Crippen LogP contribution in [0.5, 0.6) is 5.75 Å². The summed E-state index contributed by atoms with van der Waals surface area (Å²) in [4.78, 5) is 17.2. The van der Waals surface area contributed by atoms with Crippen molar-refractivity contribution in [3.8, 4) is 5.75 Å². The average Bonchev–Trinajstić information content (AvgIpc) is 2.97. The van der Waals surface area contributed by atoms with Crippen molar-refractivity contribution in [2.75, 3.05) is 20.3 Å². The molecule has 1 amide bonds. The van der Waals surface area contributed by atoms with E-state index in [1.165, 1.54) is 0 Å². The number of aryl methyl sites for hydroxylation is 1. The topological polar surface area (TPSA) is 64.9 Å². The Hall–Kier alpha value is -2.60. The van der Waals surface area contributed by atoms with Crippen LogP contribution in [0.1, 0.15) is 29.5 Å². The number of amides is 1. The van der Waals surface area contributed by atoms with Crippen LogP contribution in [0, 0.1) is 6.92 Å². The van der Waals surface area contributed by atoms with Crippen molar-refractivity contribution in [3.05, 3.63) is 53.5 Å². The maximum absolute atomic E-state index is 12.7. The predicted octanol–water partition coefficient (Wildman–Crippen LogP) is 2.67. The van der Waals surface area contributed by atoms with Gasteiger partial charge in [-0.15, -0.1) is 0 Å². The van der Waals surface area contributed by atoms with Crippen LogP contribution in [0.15, 0.2) is 42.1 Å². The van der Waals surface area contributed by atoms with Gasteiger partial charge in [0.25, 0.3) is 5.91 Å². The van der Waals surface area contributed by atoms with E-state index < -0.39 is 0 Å². The molecule has 0 bridgehead atoms. The first-order valence-corrected chi connectivity index (χ1v) is 8.42. The first-order valence-electron chi connectivity index (χ1n) is 8.42. The second-order valence-corrected chi connectivity index (χ2v) is 5.88. The van der Waals surface area contributed by atoms with E-state index in [2.05, 4.69) is 16.4 Å². The van der Waals surface area contributed by atoms with E-state index in [4.69, 9.17) is 9.47 Å². The molecule has 132 valence electrons. The van der Waals surface area contributed by atoms with Crippen LogP contribution >= 0.6 is 0 Å². The Morgan fingerprint density at radius 2 is 2.32 bits per heavy atom. The average molecular weight is 341 g/mol. The summed E-state index contributed by atoms with van der Waals surface area (Å²) in [5.74, 6) is 0.514. The van der Waals surface area contributed by atoms with Crippen molar-refractivity contribution in [1.29, 1.82) is 0 Å². The normalized spacial score (nSPS) is 16.8. The highest BCUT2D eigenvalue weighted by atomic mass is 16.5. The molecule has 6 nitrogen and oxygen atoms in total. The van der Waals surface area contributed by atoms with Crippen molar-refractivity contribution in [2.45, 2.75) is 26.4 Å². The maximum atomic E-state index is 12.7. The number of pyridine rings is 1. The Kier molecular flexibility index (Phi) is 5.19. The number of carbonyl (C=O) groups is 1. The van der Waals surface area contributed by atoms with Crippen molar-refractivity contribution in [2.24, 2.45) is 0 Å². The zero-order valence-electron chi connectivity index (χ0n) is 14.8. The molecule has 1 N–H and O–H groups in total. The van der Waals surface area contributed by atoms with E-state index in [9.17, 15) is 4.79 Å². The lowest BCUT2D eigenvalue weighted by molar-refractivity contribution is 0.0950. The zero-order valence-corrected chi connectivity index (χ0v) is 14.8. The standard InChI is InChI=1S/C19H23N3O3/c1-4-25-16-9-6-10-22-17(13(2)21-18(16)22)19(23)20-12-14-7-5-8-15(11-14)24-3/h5-7,9-11,15H,4,8,12H2,1-3H3,(H,20,23). The van der Waals surface area contributed by atoms with Crippen LogP contribution in [0.25, 0.3) is 5.65 Å². The number of rotatable bonds is 6. The maximum Gasteiger partial charge on any atom is 0.270 e. The molecule has 0 saturated heterocycles. The number of nitrogens with zero attached hydrogens (tertiary/aromatic N) is 2. The minimum Gasteiger partial charge on any atom is -0.490 e. The highest BCUT2D eigenvalue weighted by Gasteiger charge is 2.19. The van der Waals surface area contributed by atoms with Gasteiger partial charge in [0, 0.05) is 19.9 Å². The molecular weight excluding hydrogens is 318 g/mol. The van der Waals surface area contributed by atoms with Crippen LogP contribution in [0.2, 0.25) is 0 Å². The molecule has 2 aromatic rings. The Balaban J connectivity index is 1.81. The van der Waals surface area contributed by atoms with E-state index in [0.29, 0.717) is 35.9 Å². The Bertz CT molecular complexity index is 836. The quantitative estimate of drug-likeness (QED) is 0.877. The minimum atomic E-state index is -0.160. The van der Waals surface area contributed by atoms with E-state index >= 15 is 0 Å². The lowest BCUT2D eigenvalue weighted by Gasteiger charge is -2.15. The van der Waals surface area contributed by atoms with E-state index in [0.717, 1.165) is 12.0 Å². The van der Waals surface area contributed by atoms with Crippen molar-refractivity contribution >= 4 is 11.6 Å². The molecule has 0 radical (unpaired) electrons. The van der Waals surface area contributed by atoms with Gasteiger partial charge in [0.2, 0.25) is 0 Å². The van der Waals surface area contributed by atoms with E-state index in [1.54, 1.807) is 11.5 Å². The van der Waals surface area contributed by atoms with Crippen molar-refractivity contribution < 1.29 is 14.3 Å². The summed E-state index contributed by atoms with van der Waals surface area (Å²) in [5.41, 5.74) is 2.89. The molecule has 0 saturated carbocycles. The van der Waals surface area contributed by atoms with Gasteiger partial charge in [-0.25, -0.2) is 4.98 Å². The highest BCUT2D eigenvalue weighted by molar-refractivity contribution is 5.95. The van der Waals surface area contributed by atoms with Gasteiger partial charge in [-0.3, -0.25) is 9.20 Å². The number of imidazole rings is 1. The van der Waals surface area contributed by atoms with Gasteiger partial charge in [-0.2, -0.15) is 0 Å². The monoisotopic (exact) mass is 341 g/mol. The second kappa shape index (κ2) is 7.53. The molecule has 0 spiro atoms. The number of carbonyl (C=O) groups excluding carboxylic acids is 1. The summed E-state index contributed by atoms with van der Waals surface area (Å²) in [7, 11) is 1.69. The zero-order chi connectivity index (χ0) is 17.8. The fourth-order valence-electron chi connectivity index (χ4n) is 2.96. The Morgan fingerprint density at radius 3 is 3.08 bits per heavy atom. The lowest BCUT2D eigenvalue weighted by atomic mass is 10.0. The molecular formula is C19H23N3O3. The summed E-state index contributed by atoms with van der Waals surface area (Å²) in [6.45, 7) is 4.76. The van der Waals surface area contributed by atoms with E-state index in [-0.39, 0.29) is 12.0 Å². The molecule has 0 fully saturated rings. The molecule has 25 heavy (non-hydrogen) atoms. The van der Waals surface area contributed by atoms with Gasteiger partial charge in [-0.1, -0.05) is 18.2 Å². The predicted molar refractivity (Wildman–Crippen MR) is 96.1 cm³/mol. The summed E-state index contributed by atoms with van der Waals surface area (Å²) in [6.07, 6.45) is 8.87. The number of hydrogen-bond acceptors (Lipinski definition) is 4. The fraction of sp³-hybridized carbons (Fsp3) is 0.368. The first-order chi connectivity index (χ1) is 12.1. The summed E-state index contributed by atoms with van der Waals surface area (Å²) >= 11 is 0. The minimum absolute atomic E-state index is 0.0724. The van der Waals surface area contributed by atoms with Crippen LogP contribution in [0.3, 0.4) is 0 Å². The molecule has 2 heterocycles. The van der Waals surface area contributed by atoms with Gasteiger partial charge in [-0.05, 0) is 38.0 Å². The van der Waals surface area contributed by atoms with Gasteiger partial charge < -0.3 is 14.8 Å². The van der Waals surface area contributed by atoms with Crippen LogP contribution < -0.4 is 10.1 Å². The van der Waals surface area contributed by atoms with Crippen molar-refractivity contribution in [1.82, 2.24) is 14.7 Å². The van der Waals surface area contributed by atoms with Crippen LogP contribution in [0.4, 0.5) is 0 Å². The molecule has 2 aromatic heterocycles. The molecule has 6 heteroatoms. The number of nitrogens with one attached hydrogen (secondary N) is 1. The third kappa shape index (κ3) is 3.58. The van der Waals surface area contributed by atoms with E-state index in [1.807, 2.05) is 44.3 Å². The third-order valence-corrected chi connectivity index (χ3v) is 4.16. The number of fused-ring (bicyclic) bond motifs is 1. The Morgan fingerprint density at radius 1 is 1.48 bits per heavy atom. The molecule has 1 atom stereocenters. The van der Waals surface area contributed by atoms with Crippen LogP contribution in [-0.2, 0) is 4.74 Å². The third-order valence-electron chi connectivity index (χ3n) is 4.16. The molecule has 3 rings (SSSR count). The molecule has 1 unspecified atom stereocenters. The molecule has 1 aliphatic carbocycles. The fourth-order valence-corrected chi connectivity index (χ4v) is 2.96. The number of aromatic nitrogens is 2. The smallest absolute Gasteiger partial charge is 0.270 e. The van der Waals surface area contributed by atoms with Gasteiger partial charge >= 0.3 is 0 Å².